The molecule has 1 aliphatic carbocycles. The number of aliphatic hydroxyl groups is 2. The van der Waals surface area contributed by atoms with Gasteiger partial charge in [0.1, 0.15) is 6.04 Å². The number of rotatable bonds is 14. The van der Waals surface area contributed by atoms with Gasteiger partial charge in [0.2, 0.25) is 11.8 Å². The molecule has 0 aromatic heterocycles. The van der Waals surface area contributed by atoms with E-state index in [1.807, 2.05) is 32.0 Å². The molecule has 0 bridgehead atoms. The van der Waals surface area contributed by atoms with Crippen LogP contribution < -0.4 is 16.0 Å². The molecule has 1 fully saturated rings. The summed E-state index contributed by atoms with van der Waals surface area (Å²) in [6, 6.07) is 9.98. The number of aliphatic carboxylic acids is 2. The molecule has 45 heavy (non-hydrogen) atoms. The number of amides is 3. The Kier molecular flexibility index (Phi) is 12.5. The number of carboxylic acid groups (broad SMARTS) is 2. The monoisotopic (exact) mass is 627 g/mol. The molecule has 7 atom stereocenters. The van der Waals surface area contributed by atoms with E-state index in [9.17, 15) is 44.4 Å². The number of fused-ring (bicyclic) bond motifs is 1. The molecule has 2 aromatic rings. The van der Waals surface area contributed by atoms with Crippen LogP contribution in [0.25, 0.3) is 10.8 Å². The minimum atomic E-state index is -1.51. The van der Waals surface area contributed by atoms with Gasteiger partial charge >= 0.3 is 11.9 Å². The average molecular weight is 628 g/mol. The van der Waals surface area contributed by atoms with Gasteiger partial charge in [-0.05, 0) is 53.9 Å². The maximum atomic E-state index is 13.2. The Hall–Kier alpha value is -4.03. The van der Waals surface area contributed by atoms with Crippen molar-refractivity contribution in [2.45, 2.75) is 90.1 Å². The zero-order chi connectivity index (χ0) is 33.4. The first-order chi connectivity index (χ1) is 21.2. The highest BCUT2D eigenvalue weighted by atomic mass is 16.4. The number of carbonyl (C=O) groups is 5. The highest BCUT2D eigenvalue weighted by Crippen LogP contribution is 2.30. The van der Waals surface area contributed by atoms with Gasteiger partial charge in [-0.15, -0.1) is 0 Å². The number of hydrogen-bond donors (Lipinski definition) is 7. The van der Waals surface area contributed by atoms with Gasteiger partial charge in [0.05, 0.1) is 30.4 Å². The first kappa shape index (κ1) is 35.4. The number of carbonyl (C=O) groups excluding carboxylic acids is 3. The molecule has 0 radical (unpaired) electrons. The second kappa shape index (κ2) is 15.8. The molecule has 1 aliphatic rings. The lowest BCUT2D eigenvalue weighted by Gasteiger charge is -2.33. The molecular weight excluding hydrogens is 582 g/mol. The van der Waals surface area contributed by atoms with E-state index in [4.69, 9.17) is 0 Å². The van der Waals surface area contributed by atoms with Crippen molar-refractivity contribution in [2.75, 3.05) is 0 Å². The maximum Gasteiger partial charge on any atom is 0.306 e. The van der Waals surface area contributed by atoms with Gasteiger partial charge in [0, 0.05) is 6.04 Å². The lowest BCUT2D eigenvalue weighted by Crippen LogP contribution is -2.55. The van der Waals surface area contributed by atoms with Crippen LogP contribution in [0.15, 0.2) is 42.5 Å². The van der Waals surface area contributed by atoms with Crippen LogP contribution >= 0.6 is 0 Å². The fraction of sp³-hybridized carbons (Fsp3) is 0.545. The summed E-state index contributed by atoms with van der Waals surface area (Å²) < 4.78 is 0. The first-order valence-electron chi connectivity index (χ1n) is 15.4. The molecule has 2 unspecified atom stereocenters. The predicted octanol–water partition coefficient (Wildman–Crippen LogP) is 2.37. The summed E-state index contributed by atoms with van der Waals surface area (Å²) in [5.74, 6) is -6.41. The molecule has 12 heteroatoms. The second-order valence-electron chi connectivity index (χ2n) is 12.8. The Morgan fingerprint density at radius 1 is 0.800 bits per heavy atom. The Bertz CT molecular complexity index is 1350. The van der Waals surface area contributed by atoms with E-state index >= 15 is 0 Å². The van der Waals surface area contributed by atoms with Crippen molar-refractivity contribution in [2.24, 2.45) is 23.7 Å². The summed E-state index contributed by atoms with van der Waals surface area (Å²) in [6.07, 6.45) is -2.85. The fourth-order valence-corrected chi connectivity index (χ4v) is 5.94. The zero-order valence-corrected chi connectivity index (χ0v) is 26.1. The predicted molar refractivity (Wildman–Crippen MR) is 166 cm³/mol. The summed E-state index contributed by atoms with van der Waals surface area (Å²) in [5, 5.41) is 50.5. The van der Waals surface area contributed by atoms with Crippen LogP contribution in [0, 0.1) is 23.7 Å². The van der Waals surface area contributed by atoms with Crippen molar-refractivity contribution in [3.05, 3.63) is 48.0 Å². The van der Waals surface area contributed by atoms with Crippen molar-refractivity contribution < 1.29 is 44.4 Å². The van der Waals surface area contributed by atoms with Gasteiger partial charge in [-0.3, -0.25) is 24.0 Å². The molecule has 0 aliphatic heterocycles. The fourth-order valence-electron chi connectivity index (χ4n) is 5.94. The maximum absolute atomic E-state index is 13.2. The van der Waals surface area contributed by atoms with Gasteiger partial charge in [-0.25, -0.2) is 0 Å². The largest absolute Gasteiger partial charge is 0.481 e. The summed E-state index contributed by atoms with van der Waals surface area (Å²) >= 11 is 0. The van der Waals surface area contributed by atoms with E-state index in [1.54, 1.807) is 38.1 Å². The summed E-state index contributed by atoms with van der Waals surface area (Å²) in [7, 11) is 0. The molecule has 0 saturated heterocycles. The van der Waals surface area contributed by atoms with Gasteiger partial charge in [-0.1, -0.05) is 70.2 Å². The van der Waals surface area contributed by atoms with Crippen LogP contribution in [0.5, 0.6) is 0 Å². The second-order valence-corrected chi connectivity index (χ2v) is 12.8. The van der Waals surface area contributed by atoms with Crippen LogP contribution in [-0.4, -0.2) is 74.3 Å². The smallest absolute Gasteiger partial charge is 0.306 e. The van der Waals surface area contributed by atoms with Gasteiger partial charge in [0.25, 0.3) is 5.91 Å². The van der Waals surface area contributed by atoms with E-state index in [0.717, 1.165) is 5.39 Å². The molecule has 246 valence electrons. The van der Waals surface area contributed by atoms with Crippen LogP contribution in [0.3, 0.4) is 0 Å². The van der Waals surface area contributed by atoms with Crippen LogP contribution in [-0.2, 0) is 24.0 Å². The van der Waals surface area contributed by atoms with Crippen molar-refractivity contribution in [1.29, 1.82) is 0 Å². The SMILES string of the molecule is CC(C)C[C@@H](NC(=O)C(O)c1cccc2ccccc12)[C@H](O)CC(=O)N[C@@H](C(=O)NC1C[C@@H](C(=O)O)C[C@@H](C(=O)O)C1)C(C)C. The molecule has 0 spiro atoms. The third kappa shape index (κ3) is 9.73. The molecule has 2 aromatic carbocycles. The van der Waals surface area contributed by atoms with E-state index in [-0.39, 0.29) is 31.1 Å². The van der Waals surface area contributed by atoms with E-state index in [2.05, 4.69) is 16.0 Å². The summed E-state index contributed by atoms with van der Waals surface area (Å²) in [4.78, 5) is 62.5. The van der Waals surface area contributed by atoms with Crippen molar-refractivity contribution in [1.82, 2.24) is 16.0 Å². The number of benzene rings is 2. The number of carboxylic acids is 2. The highest BCUT2D eigenvalue weighted by molar-refractivity contribution is 5.92. The lowest BCUT2D eigenvalue weighted by atomic mass is 9.78. The summed E-state index contributed by atoms with van der Waals surface area (Å²) in [6.45, 7) is 7.19. The molecule has 12 nitrogen and oxygen atoms in total. The Morgan fingerprint density at radius 2 is 1.40 bits per heavy atom. The Morgan fingerprint density at radius 3 is 1.98 bits per heavy atom. The van der Waals surface area contributed by atoms with E-state index in [1.165, 1.54) is 0 Å². The summed E-state index contributed by atoms with van der Waals surface area (Å²) in [5.41, 5.74) is 0.411. The lowest BCUT2D eigenvalue weighted by molar-refractivity contribution is -0.149. The minimum Gasteiger partial charge on any atom is -0.481 e. The van der Waals surface area contributed by atoms with Crippen molar-refractivity contribution in [3.63, 3.8) is 0 Å². The third-order valence-corrected chi connectivity index (χ3v) is 8.30. The Labute approximate surface area is 262 Å². The topological polar surface area (TPSA) is 202 Å². The number of nitrogens with one attached hydrogen (secondary N) is 3. The van der Waals surface area contributed by atoms with E-state index in [0.29, 0.717) is 17.4 Å². The first-order valence-corrected chi connectivity index (χ1v) is 15.4. The molecule has 0 heterocycles. The number of hydrogen-bond acceptors (Lipinski definition) is 7. The number of aliphatic hydroxyl groups excluding tert-OH is 2. The molecule has 1 saturated carbocycles. The van der Waals surface area contributed by atoms with Crippen molar-refractivity contribution >= 4 is 40.4 Å². The minimum absolute atomic E-state index is 0.0215. The molecular formula is C33H45N3O9. The van der Waals surface area contributed by atoms with E-state index < -0.39 is 78.3 Å². The van der Waals surface area contributed by atoms with Gasteiger partial charge in [0.15, 0.2) is 6.10 Å². The standard InChI is InChI=1S/C33H45N3O9/c1-17(2)12-25(35-31(41)29(39)24-11-7-9-19-8-5-6-10-23(19)24)26(37)16-27(38)36-28(18(3)4)30(40)34-22-14-20(32(42)43)13-21(15-22)33(44)45/h5-11,17-18,20-22,25-26,28-29,37,39H,12-16H2,1-4H3,(H,34,40)(H,35,41)(H,36,38)(H,42,43)(H,44,45)/t20-,21+,22?,25-,26-,28-,29?/m1/s1. The van der Waals surface area contributed by atoms with Crippen LogP contribution in [0.1, 0.15) is 71.5 Å². The molecule has 3 rings (SSSR count). The van der Waals surface area contributed by atoms with Crippen LogP contribution in [0.4, 0.5) is 0 Å². The van der Waals surface area contributed by atoms with Gasteiger partial charge < -0.3 is 36.4 Å². The van der Waals surface area contributed by atoms with Gasteiger partial charge in [-0.2, -0.15) is 0 Å². The third-order valence-electron chi connectivity index (χ3n) is 8.30. The highest BCUT2D eigenvalue weighted by Gasteiger charge is 2.38. The zero-order valence-electron chi connectivity index (χ0n) is 26.1. The molecule has 7 N–H and O–H groups in total. The normalized spacial score (nSPS) is 21.0. The average Bonchev–Trinajstić information content (AvgIpc) is 2.98. The Balaban J connectivity index is 1.66. The van der Waals surface area contributed by atoms with Crippen molar-refractivity contribution in [3.8, 4) is 0 Å². The quantitative estimate of drug-likeness (QED) is 0.164. The molecule has 3 amide bonds. The van der Waals surface area contributed by atoms with Crippen LogP contribution in [0.2, 0.25) is 0 Å².